The third kappa shape index (κ3) is 3.34. The lowest BCUT2D eigenvalue weighted by atomic mass is 9.85. The van der Waals surface area contributed by atoms with Gasteiger partial charge < -0.3 is 4.74 Å². The van der Waals surface area contributed by atoms with E-state index in [0.717, 1.165) is 15.4 Å². The minimum atomic E-state index is -0.633. The molecular formula is C31H18N4O5. The molecule has 2 aliphatic rings. The lowest BCUT2D eigenvalue weighted by Gasteiger charge is -2.32. The number of nitrogens with zero attached hydrogens (tertiary/aromatic N) is 4. The third-order valence-electron chi connectivity index (χ3n) is 7.02. The van der Waals surface area contributed by atoms with Crippen LogP contribution in [0, 0.1) is 6.92 Å². The van der Waals surface area contributed by atoms with Gasteiger partial charge in [0.05, 0.1) is 22.5 Å². The molecule has 0 aliphatic carbocycles. The van der Waals surface area contributed by atoms with E-state index in [-0.39, 0.29) is 38.8 Å². The van der Waals surface area contributed by atoms with Crippen molar-refractivity contribution in [3.63, 3.8) is 0 Å². The molecule has 0 fully saturated rings. The molecule has 0 unspecified atom stereocenters. The summed E-state index contributed by atoms with van der Waals surface area (Å²) in [6.07, 6.45) is 5.95. The number of amides is 4. The van der Waals surface area contributed by atoms with Crippen LogP contribution in [0.1, 0.15) is 47.0 Å². The first-order valence-corrected chi connectivity index (χ1v) is 12.4. The van der Waals surface area contributed by atoms with E-state index in [9.17, 15) is 19.2 Å². The maximum atomic E-state index is 14.1. The van der Waals surface area contributed by atoms with Crippen LogP contribution in [0.2, 0.25) is 0 Å². The number of pyridine rings is 2. The van der Waals surface area contributed by atoms with Gasteiger partial charge in [-0.25, -0.2) is 9.80 Å². The van der Waals surface area contributed by atoms with Gasteiger partial charge in [0.25, 0.3) is 23.6 Å². The van der Waals surface area contributed by atoms with Gasteiger partial charge in [-0.15, -0.1) is 0 Å². The second kappa shape index (κ2) is 8.67. The van der Waals surface area contributed by atoms with E-state index in [4.69, 9.17) is 4.74 Å². The smallest absolute Gasteiger partial charge is 0.269 e. The van der Waals surface area contributed by atoms with E-state index >= 15 is 0 Å². The monoisotopic (exact) mass is 526 g/mol. The van der Waals surface area contributed by atoms with Crippen LogP contribution in [0.15, 0.2) is 91.5 Å². The summed E-state index contributed by atoms with van der Waals surface area (Å²) in [4.78, 5) is 65.5. The number of anilines is 2. The normalized spacial score (nSPS) is 14.2. The summed E-state index contributed by atoms with van der Waals surface area (Å²) in [5.74, 6) is -1.83. The summed E-state index contributed by atoms with van der Waals surface area (Å²) >= 11 is 0. The van der Waals surface area contributed by atoms with Gasteiger partial charge in [0.2, 0.25) is 0 Å². The number of benzene rings is 3. The Morgan fingerprint density at radius 1 is 0.600 bits per heavy atom. The molecule has 9 nitrogen and oxygen atoms in total. The summed E-state index contributed by atoms with van der Waals surface area (Å²) < 4.78 is 6.25. The molecule has 2 aliphatic heterocycles. The summed E-state index contributed by atoms with van der Waals surface area (Å²) in [7, 11) is 0. The van der Waals surface area contributed by atoms with Crippen molar-refractivity contribution < 1.29 is 23.9 Å². The Morgan fingerprint density at radius 2 is 1.15 bits per heavy atom. The quantitative estimate of drug-likeness (QED) is 0.291. The molecule has 192 valence electrons. The van der Waals surface area contributed by atoms with Gasteiger partial charge in [0.15, 0.2) is 0 Å². The number of carbonyl (C=O) groups excluding carboxylic acids is 4. The zero-order valence-electron chi connectivity index (χ0n) is 21.0. The van der Waals surface area contributed by atoms with Crippen LogP contribution < -0.4 is 14.5 Å². The highest BCUT2D eigenvalue weighted by Crippen LogP contribution is 2.44. The fourth-order valence-corrected chi connectivity index (χ4v) is 5.28. The predicted octanol–water partition coefficient (Wildman–Crippen LogP) is 5.33. The minimum absolute atomic E-state index is 0.0893. The fraction of sp³-hybridized carbons (Fsp3) is 0.0323. The van der Waals surface area contributed by atoms with Crippen LogP contribution >= 0.6 is 0 Å². The lowest BCUT2D eigenvalue weighted by Crippen LogP contribution is -2.43. The maximum absolute atomic E-state index is 14.1. The van der Waals surface area contributed by atoms with E-state index in [2.05, 4.69) is 9.97 Å². The highest BCUT2D eigenvalue weighted by molar-refractivity contribution is 6.42. The molecular weight excluding hydrogens is 508 g/mol. The molecule has 2 aromatic heterocycles. The number of imide groups is 2. The zero-order chi connectivity index (χ0) is 27.5. The van der Waals surface area contributed by atoms with Crippen molar-refractivity contribution in [2.75, 3.05) is 9.80 Å². The van der Waals surface area contributed by atoms with Crippen molar-refractivity contribution in [1.82, 2.24) is 9.97 Å². The zero-order valence-corrected chi connectivity index (χ0v) is 21.0. The molecule has 4 heterocycles. The average Bonchev–Trinajstić information content (AvgIpc) is 2.96. The molecule has 0 N–H and O–H groups in total. The third-order valence-corrected chi connectivity index (χ3v) is 7.02. The van der Waals surface area contributed by atoms with E-state index in [1.54, 1.807) is 36.4 Å². The molecule has 0 spiro atoms. The Hall–Kier alpha value is -5.70. The summed E-state index contributed by atoms with van der Waals surface area (Å²) in [6.45, 7) is 1.90. The predicted molar refractivity (Wildman–Crippen MR) is 146 cm³/mol. The van der Waals surface area contributed by atoms with Gasteiger partial charge in [-0.2, -0.15) is 0 Å². The summed E-state index contributed by atoms with van der Waals surface area (Å²) in [5.41, 5.74) is 2.23. The molecule has 4 amide bonds. The minimum Gasteiger partial charge on any atom is -0.456 e. The number of aromatic nitrogens is 2. The van der Waals surface area contributed by atoms with Crippen LogP contribution in [0.5, 0.6) is 11.5 Å². The van der Waals surface area contributed by atoms with E-state index in [1.807, 2.05) is 19.1 Å². The van der Waals surface area contributed by atoms with Crippen LogP contribution in [-0.4, -0.2) is 33.6 Å². The largest absolute Gasteiger partial charge is 0.456 e. The Bertz CT molecular complexity index is 1920. The Balaban J connectivity index is 1.52. The highest BCUT2D eigenvalue weighted by Gasteiger charge is 2.42. The lowest BCUT2D eigenvalue weighted by molar-refractivity contribution is 0.0871. The topological polar surface area (TPSA) is 110 Å². The fourth-order valence-electron chi connectivity index (χ4n) is 5.28. The Kier molecular flexibility index (Phi) is 5.08. The molecule has 0 radical (unpaired) electrons. The van der Waals surface area contributed by atoms with Crippen LogP contribution in [0.25, 0.3) is 10.8 Å². The first-order valence-electron chi connectivity index (χ1n) is 12.4. The first-order chi connectivity index (χ1) is 19.4. The van der Waals surface area contributed by atoms with Crippen molar-refractivity contribution in [2.24, 2.45) is 0 Å². The number of rotatable bonds is 4. The molecule has 3 aromatic carbocycles. The summed E-state index contributed by atoms with van der Waals surface area (Å²) in [6, 6.07) is 18.0. The van der Waals surface area contributed by atoms with Crippen molar-refractivity contribution in [2.45, 2.75) is 6.92 Å². The number of aryl methyl sites for hydroxylation is 1. The van der Waals surface area contributed by atoms with Gasteiger partial charge in [0.1, 0.15) is 11.5 Å². The maximum Gasteiger partial charge on any atom is 0.269 e. The van der Waals surface area contributed by atoms with Gasteiger partial charge in [-0.3, -0.25) is 29.1 Å². The van der Waals surface area contributed by atoms with E-state index in [1.165, 1.54) is 43.0 Å². The molecule has 0 saturated carbocycles. The van der Waals surface area contributed by atoms with Crippen molar-refractivity contribution in [3.8, 4) is 11.5 Å². The van der Waals surface area contributed by atoms with Gasteiger partial charge >= 0.3 is 0 Å². The van der Waals surface area contributed by atoms with Crippen LogP contribution in [-0.2, 0) is 0 Å². The molecule has 0 atom stereocenters. The van der Waals surface area contributed by atoms with Crippen LogP contribution in [0.4, 0.5) is 11.4 Å². The SMILES string of the molecule is Cc1cccc(Oc2cc3c4c(ccc5c4c2C(=O)N(c2ccncc2)C5=O)C(=O)N(c2ccncc2)C3=O)c1. The molecule has 5 aromatic rings. The number of ether oxygens (including phenoxy) is 1. The Morgan fingerprint density at radius 3 is 1.75 bits per heavy atom. The highest BCUT2D eigenvalue weighted by atomic mass is 16.5. The Labute approximate surface area is 227 Å². The standard InChI is InChI=1S/C31H18N4O5/c1-17-3-2-4-20(15-17)40-24-16-23-25-21(28(36)34(30(23)38)18-7-11-32-12-8-18)5-6-22-26(25)27(24)31(39)35(29(22)37)19-9-13-33-14-10-19/h2-16H,1H3. The molecule has 9 heteroatoms. The van der Waals surface area contributed by atoms with Gasteiger partial charge in [-0.05, 0) is 67.1 Å². The number of carbonyl (C=O) groups is 4. The second-order valence-electron chi connectivity index (χ2n) is 9.43. The van der Waals surface area contributed by atoms with Crippen molar-refractivity contribution in [1.29, 1.82) is 0 Å². The van der Waals surface area contributed by atoms with Crippen LogP contribution in [0.3, 0.4) is 0 Å². The average molecular weight is 527 g/mol. The van der Waals surface area contributed by atoms with E-state index in [0.29, 0.717) is 17.1 Å². The summed E-state index contributed by atoms with van der Waals surface area (Å²) in [5, 5.41) is 0.467. The number of hydrogen-bond donors (Lipinski definition) is 0. The second-order valence-corrected chi connectivity index (χ2v) is 9.43. The van der Waals surface area contributed by atoms with Crippen molar-refractivity contribution in [3.05, 3.63) is 119 Å². The van der Waals surface area contributed by atoms with Gasteiger partial charge in [-0.1, -0.05) is 12.1 Å². The van der Waals surface area contributed by atoms with Crippen molar-refractivity contribution >= 4 is 45.8 Å². The molecule has 0 saturated heterocycles. The number of hydrogen-bond acceptors (Lipinski definition) is 7. The first kappa shape index (κ1) is 23.4. The van der Waals surface area contributed by atoms with E-state index < -0.39 is 23.6 Å². The van der Waals surface area contributed by atoms with Gasteiger partial charge in [0, 0.05) is 46.7 Å². The molecule has 0 bridgehead atoms. The molecule has 40 heavy (non-hydrogen) atoms. The molecule has 7 rings (SSSR count).